The molecule has 2 heterocycles. The molecule has 0 aliphatic heterocycles. The van der Waals surface area contributed by atoms with Gasteiger partial charge in [-0.05, 0) is 61.1 Å². The van der Waals surface area contributed by atoms with Gasteiger partial charge in [0.25, 0.3) is 5.56 Å². The van der Waals surface area contributed by atoms with Crippen LogP contribution in [0.1, 0.15) is 16.1 Å². The van der Waals surface area contributed by atoms with Gasteiger partial charge in [-0.15, -0.1) is 0 Å². The predicted octanol–water partition coefficient (Wildman–Crippen LogP) is 4.20. The number of aromatic nitrogens is 2. The van der Waals surface area contributed by atoms with Crippen LogP contribution >= 0.6 is 11.6 Å². The lowest BCUT2D eigenvalue weighted by Crippen LogP contribution is -2.17. The fourth-order valence-corrected chi connectivity index (χ4v) is 3.16. The number of methoxy groups -OCH3 is 1. The van der Waals surface area contributed by atoms with Crippen molar-refractivity contribution in [3.63, 3.8) is 0 Å². The average molecular weight is 424 g/mol. The van der Waals surface area contributed by atoms with Crippen LogP contribution in [0.25, 0.3) is 16.7 Å². The molecule has 154 valence electrons. The minimum atomic E-state index is -0.172. The molecular formula is C23H22ClN3O3. The molecule has 7 heteroatoms. The number of pyridine rings is 1. The van der Waals surface area contributed by atoms with Gasteiger partial charge in [-0.25, -0.2) is 0 Å². The van der Waals surface area contributed by atoms with Gasteiger partial charge in [0.15, 0.2) is 6.29 Å². The molecule has 30 heavy (non-hydrogen) atoms. The van der Waals surface area contributed by atoms with Gasteiger partial charge in [-0.2, -0.15) is 0 Å². The molecule has 0 aliphatic rings. The fourth-order valence-electron chi connectivity index (χ4n) is 3.04. The Morgan fingerprint density at radius 1 is 1.10 bits per heavy atom. The van der Waals surface area contributed by atoms with E-state index >= 15 is 0 Å². The number of aldehydes is 1. The molecule has 2 N–H and O–H groups in total. The van der Waals surface area contributed by atoms with Crippen molar-refractivity contribution in [1.82, 2.24) is 14.9 Å². The van der Waals surface area contributed by atoms with Crippen molar-refractivity contribution in [2.24, 2.45) is 0 Å². The highest BCUT2D eigenvalue weighted by atomic mass is 35.5. The van der Waals surface area contributed by atoms with E-state index in [1.165, 1.54) is 16.2 Å². The first kappa shape index (κ1) is 21.4. The van der Waals surface area contributed by atoms with E-state index in [4.69, 9.17) is 16.3 Å². The lowest BCUT2D eigenvalue weighted by atomic mass is 10.2. The van der Waals surface area contributed by atoms with Gasteiger partial charge in [0.1, 0.15) is 11.4 Å². The van der Waals surface area contributed by atoms with Crippen molar-refractivity contribution in [3.8, 4) is 11.4 Å². The second-order valence-corrected chi connectivity index (χ2v) is 6.95. The molecule has 0 bridgehead atoms. The number of hydrogen-bond acceptors (Lipinski definition) is 4. The Labute approximate surface area is 179 Å². The third-order valence-corrected chi connectivity index (χ3v) is 4.68. The molecule has 0 spiro atoms. The maximum atomic E-state index is 12.0. The molecule has 0 fully saturated rings. The van der Waals surface area contributed by atoms with Crippen molar-refractivity contribution in [2.45, 2.75) is 6.54 Å². The lowest BCUT2D eigenvalue weighted by molar-refractivity contribution is 0.111. The standard InChI is InChI=1S/C14H9ClN2O2.C9H13NO/c15-10-2-4-12(5-3-10)17-13(19)6-1-9-7-11(8-18)16-14(9)17;1-10-7-8-4-3-5-9(6-8)11-2/h1-8,16H;3-6,10H,7H2,1-2H3. The molecule has 0 aliphatic carbocycles. The van der Waals surface area contributed by atoms with Crippen LogP contribution in [-0.4, -0.2) is 30.0 Å². The van der Waals surface area contributed by atoms with Crippen LogP contribution in [0.2, 0.25) is 5.02 Å². The Balaban J connectivity index is 0.000000199. The third kappa shape index (κ3) is 4.97. The van der Waals surface area contributed by atoms with E-state index in [1.807, 2.05) is 25.2 Å². The normalized spacial score (nSPS) is 10.4. The number of aromatic amines is 1. The molecule has 0 atom stereocenters. The van der Waals surface area contributed by atoms with Gasteiger partial charge >= 0.3 is 0 Å². The third-order valence-electron chi connectivity index (χ3n) is 4.42. The maximum absolute atomic E-state index is 12.0. The molecular weight excluding hydrogens is 402 g/mol. The molecule has 4 rings (SSSR count). The molecule has 0 saturated carbocycles. The second kappa shape index (κ2) is 9.91. The van der Waals surface area contributed by atoms with Crippen LogP contribution in [0.15, 0.2) is 71.5 Å². The van der Waals surface area contributed by atoms with Crippen LogP contribution < -0.4 is 15.6 Å². The summed E-state index contributed by atoms with van der Waals surface area (Å²) in [6, 6.07) is 19.8. The van der Waals surface area contributed by atoms with Gasteiger partial charge in [-0.3, -0.25) is 14.2 Å². The number of hydrogen-bond donors (Lipinski definition) is 2. The van der Waals surface area contributed by atoms with Gasteiger partial charge in [0, 0.05) is 23.0 Å². The van der Waals surface area contributed by atoms with Crippen LogP contribution in [-0.2, 0) is 6.54 Å². The number of carbonyl (C=O) groups excluding carboxylic acids is 1. The van der Waals surface area contributed by atoms with Crippen LogP contribution in [0, 0.1) is 0 Å². The smallest absolute Gasteiger partial charge is 0.256 e. The van der Waals surface area contributed by atoms with E-state index in [2.05, 4.69) is 16.4 Å². The van der Waals surface area contributed by atoms with E-state index in [9.17, 15) is 9.59 Å². The zero-order chi connectivity index (χ0) is 21.5. The highest BCUT2D eigenvalue weighted by molar-refractivity contribution is 6.30. The summed E-state index contributed by atoms with van der Waals surface area (Å²) in [5, 5.41) is 4.48. The van der Waals surface area contributed by atoms with E-state index in [-0.39, 0.29) is 5.56 Å². The summed E-state index contributed by atoms with van der Waals surface area (Å²) in [4.78, 5) is 25.8. The van der Waals surface area contributed by atoms with Crippen molar-refractivity contribution < 1.29 is 9.53 Å². The highest BCUT2D eigenvalue weighted by Crippen LogP contribution is 2.18. The van der Waals surface area contributed by atoms with Crippen molar-refractivity contribution in [3.05, 3.63) is 93.4 Å². The zero-order valence-corrected chi connectivity index (χ0v) is 17.4. The van der Waals surface area contributed by atoms with Crippen LogP contribution in [0.5, 0.6) is 5.75 Å². The number of nitrogens with zero attached hydrogens (tertiary/aromatic N) is 1. The molecule has 2 aromatic carbocycles. The summed E-state index contributed by atoms with van der Waals surface area (Å²) in [6.07, 6.45) is 0.719. The minimum Gasteiger partial charge on any atom is -0.497 e. The Hall–Kier alpha value is -3.35. The number of halogens is 1. The lowest BCUT2D eigenvalue weighted by Gasteiger charge is -2.07. The topological polar surface area (TPSA) is 76.1 Å². The number of fused-ring (bicyclic) bond motifs is 1. The Kier molecular flexibility index (Phi) is 7.06. The van der Waals surface area contributed by atoms with Crippen LogP contribution in [0.4, 0.5) is 0 Å². The fraction of sp³-hybridized carbons (Fsp3) is 0.130. The van der Waals surface area contributed by atoms with Crippen LogP contribution in [0.3, 0.4) is 0 Å². The molecule has 0 radical (unpaired) electrons. The minimum absolute atomic E-state index is 0.172. The molecule has 2 aromatic heterocycles. The van der Waals surface area contributed by atoms with E-state index in [0.29, 0.717) is 22.1 Å². The average Bonchev–Trinajstić information content (AvgIpc) is 3.19. The number of nitrogens with one attached hydrogen (secondary N) is 2. The second-order valence-electron chi connectivity index (χ2n) is 6.51. The Morgan fingerprint density at radius 3 is 2.53 bits per heavy atom. The number of rotatable bonds is 5. The Morgan fingerprint density at radius 2 is 1.87 bits per heavy atom. The van der Waals surface area contributed by atoms with E-state index in [1.54, 1.807) is 43.5 Å². The van der Waals surface area contributed by atoms with Crippen molar-refractivity contribution in [2.75, 3.05) is 14.2 Å². The summed E-state index contributed by atoms with van der Waals surface area (Å²) in [6.45, 7) is 0.886. The summed E-state index contributed by atoms with van der Waals surface area (Å²) < 4.78 is 6.59. The first-order valence-electron chi connectivity index (χ1n) is 9.29. The quantitative estimate of drug-likeness (QED) is 0.472. The molecule has 4 aromatic rings. The number of ether oxygens (including phenoxy) is 1. The van der Waals surface area contributed by atoms with Gasteiger partial charge in [0.05, 0.1) is 18.5 Å². The molecule has 0 saturated heterocycles. The van der Waals surface area contributed by atoms with Crippen molar-refractivity contribution in [1.29, 1.82) is 0 Å². The monoisotopic (exact) mass is 423 g/mol. The SMILES string of the molecule is CNCc1cccc(OC)c1.O=Cc1cc2ccc(=O)n(-c3ccc(Cl)cc3)c2[nH]1. The summed E-state index contributed by atoms with van der Waals surface area (Å²) in [5.41, 5.74) is 2.79. The molecule has 0 amide bonds. The van der Waals surface area contributed by atoms with E-state index < -0.39 is 0 Å². The first-order chi connectivity index (χ1) is 14.5. The number of H-pyrrole nitrogens is 1. The first-order valence-corrected chi connectivity index (χ1v) is 9.67. The number of benzene rings is 2. The molecule has 0 unspecified atom stereocenters. The number of carbonyl (C=O) groups is 1. The maximum Gasteiger partial charge on any atom is 0.256 e. The zero-order valence-electron chi connectivity index (χ0n) is 16.7. The van der Waals surface area contributed by atoms with E-state index in [0.717, 1.165) is 24.0 Å². The van der Waals surface area contributed by atoms with Gasteiger partial charge in [-0.1, -0.05) is 23.7 Å². The van der Waals surface area contributed by atoms with Gasteiger partial charge in [0.2, 0.25) is 0 Å². The van der Waals surface area contributed by atoms with Gasteiger partial charge < -0.3 is 15.0 Å². The highest BCUT2D eigenvalue weighted by Gasteiger charge is 2.08. The predicted molar refractivity (Wildman–Crippen MR) is 120 cm³/mol. The summed E-state index contributed by atoms with van der Waals surface area (Å²) in [7, 11) is 3.61. The Bertz CT molecular complexity index is 1200. The summed E-state index contributed by atoms with van der Waals surface area (Å²) >= 11 is 5.84. The molecule has 6 nitrogen and oxygen atoms in total. The summed E-state index contributed by atoms with van der Waals surface area (Å²) in [5.74, 6) is 0.915. The van der Waals surface area contributed by atoms with Crippen molar-refractivity contribution >= 4 is 28.9 Å². The largest absolute Gasteiger partial charge is 0.497 e.